The lowest BCUT2D eigenvalue weighted by atomic mass is 10.0. The van der Waals surface area contributed by atoms with Crippen LogP contribution in [-0.2, 0) is 4.79 Å². The van der Waals surface area contributed by atoms with Crippen LogP contribution in [0.1, 0.15) is 40.3 Å². The van der Waals surface area contributed by atoms with Crippen molar-refractivity contribution in [3.63, 3.8) is 0 Å². The van der Waals surface area contributed by atoms with Crippen LogP contribution in [0.4, 0.5) is 5.69 Å². The molecule has 0 radical (unpaired) electrons. The molecule has 0 atom stereocenters. The summed E-state index contributed by atoms with van der Waals surface area (Å²) in [6.07, 6.45) is 2.24. The fourth-order valence-electron chi connectivity index (χ4n) is 4.07. The second-order valence-electron chi connectivity index (χ2n) is 8.16. The van der Waals surface area contributed by atoms with Gasteiger partial charge in [-0.3, -0.25) is 9.59 Å². The number of hydrogen-bond donors (Lipinski definition) is 2. The molecule has 1 aromatic carbocycles. The third kappa shape index (κ3) is 5.26. The fraction of sp³-hybridized carbons (Fsp3) is 0.375. The molecule has 2 aromatic heterocycles. The van der Waals surface area contributed by atoms with Gasteiger partial charge in [0.15, 0.2) is 0 Å². The third-order valence-corrected chi connectivity index (χ3v) is 6.75. The van der Waals surface area contributed by atoms with Crippen LogP contribution in [0.2, 0.25) is 0 Å². The zero-order chi connectivity index (χ0) is 22.5. The molecule has 0 aliphatic carbocycles. The maximum atomic E-state index is 12.6. The molecule has 3 heterocycles. The van der Waals surface area contributed by atoms with E-state index in [1.54, 1.807) is 0 Å². The van der Waals surface area contributed by atoms with Gasteiger partial charge in [0.25, 0.3) is 5.91 Å². The highest BCUT2D eigenvalue weighted by molar-refractivity contribution is 7.12. The molecule has 1 aliphatic rings. The summed E-state index contributed by atoms with van der Waals surface area (Å²) in [6, 6.07) is 13.8. The number of aryl methyl sites for hydroxylation is 1. The molecule has 4 rings (SSSR count). The molecule has 0 unspecified atom stereocenters. The summed E-state index contributed by atoms with van der Waals surface area (Å²) in [5.41, 5.74) is 3.49. The van der Waals surface area contributed by atoms with Crippen LogP contribution < -0.4 is 10.6 Å². The number of para-hydroxylation sites is 1. The molecule has 2 amide bonds. The first-order valence-electron chi connectivity index (χ1n) is 11.0. The Morgan fingerprint density at radius 3 is 2.53 bits per heavy atom. The van der Waals surface area contributed by atoms with Crippen molar-refractivity contribution in [2.75, 3.05) is 25.0 Å². The number of carbonyl (C=O) groups excluding carboxylic acids is 2. The van der Waals surface area contributed by atoms with E-state index >= 15 is 0 Å². The molecule has 168 valence electrons. The summed E-state index contributed by atoms with van der Waals surface area (Å²) in [7, 11) is 0. The third-order valence-electron chi connectivity index (χ3n) is 5.88. The number of thiophene rings is 1. The van der Waals surface area contributed by atoms with Gasteiger partial charge in [0.1, 0.15) is 0 Å². The van der Waals surface area contributed by atoms with E-state index in [1.165, 1.54) is 11.3 Å². The number of carbonyl (C=O) groups is 2. The quantitative estimate of drug-likeness (QED) is 0.573. The minimum Gasteiger partial charge on any atom is -0.349 e. The van der Waals surface area contributed by atoms with Crippen LogP contribution in [0.5, 0.6) is 0 Å². The van der Waals surface area contributed by atoms with E-state index < -0.39 is 0 Å². The average Bonchev–Trinajstić information content (AvgIpc) is 3.44. The molecule has 1 aliphatic heterocycles. The number of nitrogens with zero attached hydrogens (tertiary/aromatic N) is 3. The van der Waals surface area contributed by atoms with Gasteiger partial charge in [0, 0.05) is 32.1 Å². The maximum Gasteiger partial charge on any atom is 0.261 e. The molecule has 3 aromatic rings. The second-order valence-corrected chi connectivity index (χ2v) is 9.11. The molecule has 0 bridgehead atoms. The Balaban J connectivity index is 1.24. The van der Waals surface area contributed by atoms with Gasteiger partial charge in [0.05, 0.1) is 27.6 Å². The van der Waals surface area contributed by atoms with Crippen molar-refractivity contribution < 1.29 is 9.59 Å². The summed E-state index contributed by atoms with van der Waals surface area (Å²) < 4.78 is 1.86. The Morgan fingerprint density at radius 2 is 1.84 bits per heavy atom. The number of hydrogen-bond acceptors (Lipinski definition) is 5. The van der Waals surface area contributed by atoms with Gasteiger partial charge in [0.2, 0.25) is 5.91 Å². The highest BCUT2D eigenvalue weighted by Gasteiger charge is 2.22. The van der Waals surface area contributed by atoms with Gasteiger partial charge in [-0.25, -0.2) is 4.68 Å². The maximum absolute atomic E-state index is 12.6. The minimum atomic E-state index is -0.00284. The monoisotopic (exact) mass is 451 g/mol. The smallest absolute Gasteiger partial charge is 0.261 e. The Kier molecular flexibility index (Phi) is 7.02. The predicted octanol–water partition coefficient (Wildman–Crippen LogP) is 3.77. The van der Waals surface area contributed by atoms with Crippen molar-refractivity contribution in [3.05, 3.63) is 64.1 Å². The van der Waals surface area contributed by atoms with E-state index in [0.717, 1.165) is 53.6 Å². The van der Waals surface area contributed by atoms with E-state index in [-0.39, 0.29) is 17.9 Å². The molecule has 0 spiro atoms. The standard InChI is InChI=1S/C24H29N5O2S/c1-17-23(18(2)29(27-17)20-7-4-3-5-8-20)26-22(30)12-15-28-13-10-19(11-14-28)25-24(31)21-9-6-16-32-21/h3-9,16,19H,10-15H2,1-2H3,(H,25,31)(H,26,30). The summed E-state index contributed by atoms with van der Waals surface area (Å²) in [6.45, 7) is 6.36. The van der Waals surface area contributed by atoms with Crippen molar-refractivity contribution in [1.29, 1.82) is 0 Å². The molecule has 1 saturated heterocycles. The van der Waals surface area contributed by atoms with Gasteiger partial charge in [-0.1, -0.05) is 24.3 Å². The normalized spacial score (nSPS) is 14.9. The van der Waals surface area contributed by atoms with E-state index in [2.05, 4.69) is 20.6 Å². The van der Waals surface area contributed by atoms with Gasteiger partial charge >= 0.3 is 0 Å². The summed E-state index contributed by atoms with van der Waals surface area (Å²) in [5, 5.41) is 12.7. The van der Waals surface area contributed by atoms with Gasteiger partial charge in [-0.05, 0) is 50.3 Å². The molecule has 32 heavy (non-hydrogen) atoms. The number of amides is 2. The predicted molar refractivity (Wildman–Crippen MR) is 128 cm³/mol. The zero-order valence-corrected chi connectivity index (χ0v) is 19.3. The molecule has 0 saturated carbocycles. The van der Waals surface area contributed by atoms with Gasteiger partial charge < -0.3 is 15.5 Å². The molecular formula is C24H29N5O2S. The minimum absolute atomic E-state index is 0.00284. The highest BCUT2D eigenvalue weighted by Crippen LogP contribution is 2.23. The van der Waals surface area contributed by atoms with Crippen LogP contribution in [0.15, 0.2) is 47.8 Å². The molecule has 1 fully saturated rings. The van der Waals surface area contributed by atoms with Crippen molar-refractivity contribution in [2.45, 2.75) is 39.2 Å². The van der Waals surface area contributed by atoms with E-state index in [9.17, 15) is 9.59 Å². The number of benzene rings is 1. The van der Waals surface area contributed by atoms with Crippen molar-refractivity contribution in [3.8, 4) is 5.69 Å². The van der Waals surface area contributed by atoms with Crippen molar-refractivity contribution in [1.82, 2.24) is 20.0 Å². The lowest BCUT2D eigenvalue weighted by molar-refractivity contribution is -0.116. The number of anilines is 1. The SMILES string of the molecule is Cc1nn(-c2ccccc2)c(C)c1NC(=O)CCN1CCC(NC(=O)c2cccs2)CC1. The van der Waals surface area contributed by atoms with E-state index in [4.69, 9.17) is 0 Å². The number of likely N-dealkylation sites (tertiary alicyclic amines) is 1. The molecular weight excluding hydrogens is 422 g/mol. The molecule has 2 N–H and O–H groups in total. The Bertz CT molecular complexity index is 1050. The first kappa shape index (κ1) is 22.2. The number of rotatable bonds is 7. The van der Waals surface area contributed by atoms with E-state index in [1.807, 2.05) is 66.4 Å². The number of piperidine rings is 1. The zero-order valence-electron chi connectivity index (χ0n) is 18.5. The summed E-state index contributed by atoms with van der Waals surface area (Å²) in [4.78, 5) is 27.9. The Labute approximate surface area is 192 Å². The van der Waals surface area contributed by atoms with Crippen LogP contribution >= 0.6 is 11.3 Å². The highest BCUT2D eigenvalue weighted by atomic mass is 32.1. The Hall–Kier alpha value is -2.97. The van der Waals surface area contributed by atoms with Crippen molar-refractivity contribution in [2.24, 2.45) is 0 Å². The summed E-state index contributed by atoms with van der Waals surface area (Å²) in [5.74, 6) is 0.0107. The average molecular weight is 452 g/mol. The second kappa shape index (κ2) is 10.1. The van der Waals surface area contributed by atoms with Crippen molar-refractivity contribution >= 4 is 28.8 Å². The first-order valence-corrected chi connectivity index (χ1v) is 11.9. The Morgan fingerprint density at radius 1 is 1.09 bits per heavy atom. The van der Waals surface area contributed by atoms with E-state index in [0.29, 0.717) is 13.0 Å². The fourth-order valence-corrected chi connectivity index (χ4v) is 4.70. The van der Waals surface area contributed by atoms with Crippen LogP contribution in [0.3, 0.4) is 0 Å². The largest absolute Gasteiger partial charge is 0.349 e. The molecule has 8 heteroatoms. The van der Waals surface area contributed by atoms with Gasteiger partial charge in [-0.2, -0.15) is 5.10 Å². The topological polar surface area (TPSA) is 79.3 Å². The van der Waals surface area contributed by atoms with Crippen LogP contribution in [0, 0.1) is 13.8 Å². The lowest BCUT2D eigenvalue weighted by Crippen LogP contribution is -2.45. The molecule has 7 nitrogen and oxygen atoms in total. The van der Waals surface area contributed by atoms with Crippen LogP contribution in [-0.4, -0.2) is 52.2 Å². The first-order chi connectivity index (χ1) is 15.5. The lowest BCUT2D eigenvalue weighted by Gasteiger charge is -2.32. The number of aromatic nitrogens is 2. The number of nitrogens with one attached hydrogen (secondary N) is 2. The van der Waals surface area contributed by atoms with Crippen LogP contribution in [0.25, 0.3) is 5.69 Å². The summed E-state index contributed by atoms with van der Waals surface area (Å²) >= 11 is 1.46. The van der Waals surface area contributed by atoms with Gasteiger partial charge in [-0.15, -0.1) is 11.3 Å².